The molecule has 5 nitrogen and oxygen atoms in total. The predicted molar refractivity (Wildman–Crippen MR) is 179 cm³/mol. The zero-order valence-electron chi connectivity index (χ0n) is 24.4. The second-order valence-electron chi connectivity index (χ2n) is 10.0. The highest BCUT2D eigenvalue weighted by Gasteiger charge is 2.20. The molecule has 43 heavy (non-hydrogen) atoms. The molecule has 0 spiro atoms. The van der Waals surface area contributed by atoms with Crippen LogP contribution in [0, 0.1) is 18.3 Å². The minimum Gasteiger partial charge on any atom is -0.458 e. The van der Waals surface area contributed by atoms with Crippen LogP contribution in [0.2, 0.25) is 5.02 Å². The number of rotatable bonds is 15. The molecule has 222 valence electrons. The maximum Gasteiger partial charge on any atom is 0.316 e. The summed E-state index contributed by atoms with van der Waals surface area (Å²) in [6.45, 7) is 4.89. The third kappa shape index (κ3) is 10.1. The lowest BCUT2D eigenvalue weighted by molar-refractivity contribution is -0.147. The van der Waals surface area contributed by atoms with E-state index in [0.29, 0.717) is 34.6 Å². The first-order valence-corrected chi connectivity index (χ1v) is 16.8. The van der Waals surface area contributed by atoms with Crippen LogP contribution in [-0.2, 0) is 20.9 Å². The van der Waals surface area contributed by atoms with Crippen LogP contribution >= 0.6 is 35.1 Å². The van der Waals surface area contributed by atoms with Gasteiger partial charge in [0.15, 0.2) is 0 Å². The van der Waals surface area contributed by atoms with Crippen molar-refractivity contribution in [3.8, 4) is 28.5 Å². The number of unbranched alkanes of at least 4 members (excludes halogenated alkanes) is 1. The number of carbonyl (C=O) groups is 1. The number of pyridine rings is 1. The number of benzene rings is 3. The fourth-order valence-corrected chi connectivity index (χ4v) is 6.26. The summed E-state index contributed by atoms with van der Waals surface area (Å²) < 4.78 is 11.8. The topological polar surface area (TPSA) is 72.2 Å². The second-order valence-corrected chi connectivity index (χ2v) is 12.6. The summed E-state index contributed by atoms with van der Waals surface area (Å²) in [4.78, 5) is 17.9. The first-order chi connectivity index (χ1) is 21.0. The second kappa shape index (κ2) is 17.1. The van der Waals surface area contributed by atoms with Crippen LogP contribution in [0.15, 0.2) is 90.0 Å². The van der Waals surface area contributed by atoms with Gasteiger partial charge < -0.3 is 9.47 Å². The molecule has 1 aromatic heterocycles. The van der Waals surface area contributed by atoms with E-state index in [1.54, 1.807) is 11.8 Å². The SMILES string of the molecule is CCCCSCC(COCc1ccc(Cl)cc1)OC(=O)CSc1nc(-c2ccc(C)cc2)cc(-c2ccccc2)c1C#N. The van der Waals surface area contributed by atoms with Crippen molar-refractivity contribution in [2.75, 3.05) is 23.9 Å². The van der Waals surface area contributed by atoms with Gasteiger partial charge >= 0.3 is 5.97 Å². The Morgan fingerprint density at radius 3 is 2.47 bits per heavy atom. The Labute approximate surface area is 268 Å². The van der Waals surface area contributed by atoms with Gasteiger partial charge in [0.1, 0.15) is 17.2 Å². The number of thioether (sulfide) groups is 2. The van der Waals surface area contributed by atoms with Gasteiger partial charge in [-0.05, 0) is 48.4 Å². The number of halogens is 1. The molecule has 0 aliphatic rings. The van der Waals surface area contributed by atoms with Gasteiger partial charge in [-0.3, -0.25) is 4.79 Å². The number of ether oxygens (including phenoxy) is 2. The monoisotopic (exact) mass is 630 g/mol. The predicted octanol–water partition coefficient (Wildman–Crippen LogP) is 9.00. The van der Waals surface area contributed by atoms with Crippen LogP contribution in [0.4, 0.5) is 0 Å². The van der Waals surface area contributed by atoms with E-state index in [4.69, 9.17) is 26.1 Å². The van der Waals surface area contributed by atoms with Crippen LogP contribution in [-0.4, -0.2) is 40.9 Å². The van der Waals surface area contributed by atoms with Crippen molar-refractivity contribution in [3.05, 3.63) is 107 Å². The number of aromatic nitrogens is 1. The minimum absolute atomic E-state index is 0.0283. The fourth-order valence-electron chi connectivity index (χ4n) is 4.27. The molecule has 3 aromatic carbocycles. The molecular weight excluding hydrogens is 596 g/mol. The van der Waals surface area contributed by atoms with E-state index in [2.05, 4.69) is 13.0 Å². The number of nitriles is 1. The summed E-state index contributed by atoms with van der Waals surface area (Å²) in [5, 5.41) is 11.3. The first-order valence-electron chi connectivity index (χ1n) is 14.3. The van der Waals surface area contributed by atoms with Crippen molar-refractivity contribution in [2.45, 2.75) is 44.4 Å². The molecule has 0 radical (unpaired) electrons. The maximum absolute atomic E-state index is 13.1. The first kappa shape index (κ1) is 32.6. The van der Waals surface area contributed by atoms with Gasteiger partial charge in [-0.25, -0.2) is 4.98 Å². The number of carbonyl (C=O) groups excluding carboxylic acids is 1. The van der Waals surface area contributed by atoms with Gasteiger partial charge in [-0.1, -0.05) is 109 Å². The lowest BCUT2D eigenvalue weighted by Gasteiger charge is -2.18. The van der Waals surface area contributed by atoms with Crippen LogP contribution in [0.1, 0.15) is 36.5 Å². The Morgan fingerprint density at radius 2 is 1.77 bits per heavy atom. The average Bonchev–Trinajstić information content (AvgIpc) is 3.03. The Balaban J connectivity index is 1.48. The highest BCUT2D eigenvalue weighted by atomic mass is 35.5. The van der Waals surface area contributed by atoms with E-state index in [1.165, 1.54) is 11.8 Å². The van der Waals surface area contributed by atoms with Gasteiger partial charge in [0.25, 0.3) is 0 Å². The quantitative estimate of drug-likeness (QED) is 0.0737. The van der Waals surface area contributed by atoms with Crippen molar-refractivity contribution < 1.29 is 14.3 Å². The molecule has 0 aliphatic carbocycles. The lowest BCUT2D eigenvalue weighted by Crippen LogP contribution is -2.27. The van der Waals surface area contributed by atoms with Crippen molar-refractivity contribution in [2.24, 2.45) is 0 Å². The van der Waals surface area contributed by atoms with Crippen LogP contribution in [0.3, 0.4) is 0 Å². The number of esters is 1. The van der Waals surface area contributed by atoms with E-state index in [9.17, 15) is 10.1 Å². The van der Waals surface area contributed by atoms with E-state index < -0.39 is 0 Å². The van der Waals surface area contributed by atoms with Gasteiger partial charge in [0.2, 0.25) is 0 Å². The molecule has 4 rings (SSSR count). The zero-order valence-corrected chi connectivity index (χ0v) is 26.8. The molecule has 0 fully saturated rings. The molecule has 0 saturated heterocycles. The van der Waals surface area contributed by atoms with Gasteiger partial charge in [0.05, 0.1) is 30.2 Å². The Morgan fingerprint density at radius 1 is 1.02 bits per heavy atom. The third-order valence-electron chi connectivity index (χ3n) is 6.59. The van der Waals surface area contributed by atoms with E-state index in [1.807, 2.05) is 91.9 Å². The molecule has 4 aromatic rings. The highest BCUT2D eigenvalue weighted by Crippen LogP contribution is 2.34. The molecule has 1 unspecified atom stereocenters. The molecule has 0 bridgehead atoms. The van der Waals surface area contributed by atoms with Crippen molar-refractivity contribution >= 4 is 41.1 Å². The van der Waals surface area contributed by atoms with Crippen LogP contribution in [0.5, 0.6) is 0 Å². The molecule has 8 heteroatoms. The Hall–Kier alpha value is -3.28. The smallest absolute Gasteiger partial charge is 0.316 e. The lowest BCUT2D eigenvalue weighted by atomic mass is 9.99. The third-order valence-corrected chi connectivity index (χ3v) is 8.97. The molecule has 0 aliphatic heterocycles. The summed E-state index contributed by atoms with van der Waals surface area (Å²) in [6, 6.07) is 29.7. The van der Waals surface area contributed by atoms with Gasteiger partial charge in [-0.2, -0.15) is 17.0 Å². The molecular formula is C35H35ClN2O3S2. The summed E-state index contributed by atoms with van der Waals surface area (Å²) >= 11 is 8.98. The zero-order chi connectivity index (χ0) is 30.4. The van der Waals surface area contributed by atoms with Gasteiger partial charge in [0, 0.05) is 21.9 Å². The Bertz CT molecular complexity index is 1510. The van der Waals surface area contributed by atoms with Gasteiger partial charge in [-0.15, -0.1) is 0 Å². The number of hydrogen-bond donors (Lipinski definition) is 0. The van der Waals surface area contributed by atoms with E-state index >= 15 is 0 Å². The van der Waals surface area contributed by atoms with Crippen molar-refractivity contribution in [3.63, 3.8) is 0 Å². The average molecular weight is 631 g/mol. The van der Waals surface area contributed by atoms with E-state index in [0.717, 1.165) is 52.1 Å². The summed E-state index contributed by atoms with van der Waals surface area (Å²) in [7, 11) is 0. The normalized spacial score (nSPS) is 11.6. The minimum atomic E-state index is -0.385. The summed E-state index contributed by atoms with van der Waals surface area (Å²) in [6.07, 6.45) is 1.84. The number of nitrogens with zero attached hydrogens (tertiary/aromatic N) is 2. The Kier molecular flexibility index (Phi) is 13.0. The highest BCUT2D eigenvalue weighted by molar-refractivity contribution is 8.00. The largest absolute Gasteiger partial charge is 0.458 e. The van der Waals surface area contributed by atoms with Crippen LogP contribution in [0.25, 0.3) is 22.4 Å². The van der Waals surface area contributed by atoms with Crippen molar-refractivity contribution in [1.82, 2.24) is 4.98 Å². The molecule has 0 saturated carbocycles. The standard InChI is InChI=1S/C35H35ClN2O3S2/c1-3-4-18-42-23-30(22-40-21-26-12-16-29(36)17-13-26)41-34(39)24-43-35-32(20-37)31(27-8-6-5-7-9-27)19-33(38-35)28-14-10-25(2)11-15-28/h5-17,19,30H,3-4,18,21-24H2,1-2H3. The molecule has 0 amide bonds. The van der Waals surface area contributed by atoms with E-state index in [-0.39, 0.29) is 17.8 Å². The maximum atomic E-state index is 13.1. The number of aryl methyl sites for hydroxylation is 1. The molecule has 0 N–H and O–H groups in total. The van der Waals surface area contributed by atoms with Crippen LogP contribution < -0.4 is 0 Å². The summed E-state index contributed by atoms with van der Waals surface area (Å²) in [5.74, 6) is 1.31. The molecule has 1 atom stereocenters. The fraction of sp³-hybridized carbons (Fsp3) is 0.286. The van der Waals surface area contributed by atoms with Crippen molar-refractivity contribution in [1.29, 1.82) is 5.26 Å². The number of hydrogen-bond acceptors (Lipinski definition) is 7. The summed E-state index contributed by atoms with van der Waals surface area (Å²) in [5.41, 5.74) is 5.98. The molecule has 1 heterocycles.